The molecule has 0 atom stereocenters. The van der Waals surface area contributed by atoms with Crippen LogP contribution in [0.1, 0.15) is 43.2 Å². The third-order valence-corrected chi connectivity index (χ3v) is 4.46. The summed E-state index contributed by atoms with van der Waals surface area (Å²) in [4.78, 5) is 27.2. The molecule has 1 aromatic rings. The number of hydrogen-bond acceptors (Lipinski definition) is 3. The number of fused-ring (bicyclic) bond motifs is 1. The number of carboxylic acid groups (broad SMARTS) is 1. The molecular weight excluding hydrogens is 268 g/mol. The zero-order valence-electron chi connectivity index (χ0n) is 11.8. The molecule has 0 bridgehead atoms. The maximum Gasteiger partial charge on any atom is 0.328 e. The smallest absolute Gasteiger partial charge is 0.328 e. The van der Waals surface area contributed by atoms with Crippen molar-refractivity contribution in [3.8, 4) is 0 Å². The molecular formula is C16H18N2O3. The predicted molar refractivity (Wildman–Crippen MR) is 78.8 cm³/mol. The fourth-order valence-electron chi connectivity index (χ4n) is 3.35. The van der Waals surface area contributed by atoms with E-state index in [-0.39, 0.29) is 11.3 Å². The van der Waals surface area contributed by atoms with E-state index in [1.165, 1.54) is 12.5 Å². The molecule has 5 heteroatoms. The molecule has 2 aliphatic rings. The summed E-state index contributed by atoms with van der Waals surface area (Å²) in [5, 5.41) is 11.6. The van der Waals surface area contributed by atoms with Crippen molar-refractivity contribution >= 4 is 23.8 Å². The van der Waals surface area contributed by atoms with E-state index in [2.05, 4.69) is 10.3 Å². The molecule has 1 aliphatic carbocycles. The highest BCUT2D eigenvalue weighted by Crippen LogP contribution is 2.43. The molecule has 110 valence electrons. The molecule has 2 N–H and O–H groups in total. The van der Waals surface area contributed by atoms with Crippen LogP contribution in [0.5, 0.6) is 0 Å². The lowest BCUT2D eigenvalue weighted by molar-refractivity contribution is -0.131. The first-order valence-electron chi connectivity index (χ1n) is 7.30. The fraction of sp³-hybridized carbons (Fsp3) is 0.438. The first-order chi connectivity index (χ1) is 10.1. The van der Waals surface area contributed by atoms with Crippen LogP contribution >= 0.6 is 0 Å². The lowest BCUT2D eigenvalue weighted by Gasteiger charge is -2.39. The van der Waals surface area contributed by atoms with Crippen molar-refractivity contribution in [1.82, 2.24) is 4.98 Å². The van der Waals surface area contributed by atoms with Crippen molar-refractivity contribution in [3.63, 3.8) is 0 Å². The molecule has 0 aromatic carbocycles. The normalized spacial score (nSPS) is 20.3. The summed E-state index contributed by atoms with van der Waals surface area (Å²) in [7, 11) is 0. The van der Waals surface area contributed by atoms with Crippen LogP contribution < -0.4 is 5.32 Å². The molecule has 1 aromatic heterocycles. The lowest BCUT2D eigenvalue weighted by Crippen LogP contribution is -2.43. The second-order valence-electron chi connectivity index (χ2n) is 5.92. The van der Waals surface area contributed by atoms with Crippen LogP contribution in [0.3, 0.4) is 0 Å². The SMILES string of the molecule is O=C(O)/C=C/c1cnc2c(c1)CC1(CCCCC1)C(=O)N2. The molecule has 1 fully saturated rings. The van der Waals surface area contributed by atoms with Crippen molar-refractivity contribution < 1.29 is 14.7 Å². The van der Waals surface area contributed by atoms with Gasteiger partial charge in [0, 0.05) is 12.3 Å². The van der Waals surface area contributed by atoms with E-state index in [9.17, 15) is 9.59 Å². The second-order valence-corrected chi connectivity index (χ2v) is 5.92. The Morgan fingerprint density at radius 1 is 1.33 bits per heavy atom. The monoisotopic (exact) mass is 286 g/mol. The summed E-state index contributed by atoms with van der Waals surface area (Å²) in [5.74, 6) is -0.274. The number of amides is 1. The number of carbonyl (C=O) groups is 2. The molecule has 1 saturated carbocycles. The number of aromatic nitrogens is 1. The Morgan fingerprint density at radius 2 is 2.10 bits per heavy atom. The van der Waals surface area contributed by atoms with Crippen molar-refractivity contribution in [2.75, 3.05) is 5.32 Å². The van der Waals surface area contributed by atoms with E-state index in [0.29, 0.717) is 12.2 Å². The van der Waals surface area contributed by atoms with Crippen LogP contribution in [0, 0.1) is 5.41 Å². The van der Waals surface area contributed by atoms with Gasteiger partial charge in [-0.25, -0.2) is 9.78 Å². The van der Waals surface area contributed by atoms with Crippen molar-refractivity contribution in [2.24, 2.45) is 5.41 Å². The lowest BCUT2D eigenvalue weighted by atomic mass is 9.68. The Hall–Kier alpha value is -2.17. The summed E-state index contributed by atoms with van der Waals surface area (Å²) in [5.41, 5.74) is 1.46. The second kappa shape index (κ2) is 5.31. The van der Waals surface area contributed by atoms with Gasteiger partial charge in [0.15, 0.2) is 0 Å². The average molecular weight is 286 g/mol. The number of anilines is 1. The van der Waals surface area contributed by atoms with Gasteiger partial charge in [-0.3, -0.25) is 4.79 Å². The molecule has 0 saturated heterocycles. The maximum atomic E-state index is 12.4. The van der Waals surface area contributed by atoms with E-state index in [1.807, 2.05) is 6.07 Å². The Bertz CT molecular complexity index is 616. The van der Waals surface area contributed by atoms with Crippen LogP contribution in [-0.4, -0.2) is 22.0 Å². The largest absolute Gasteiger partial charge is 0.478 e. The van der Waals surface area contributed by atoms with Gasteiger partial charge in [-0.05, 0) is 42.5 Å². The summed E-state index contributed by atoms with van der Waals surface area (Å²) < 4.78 is 0. The zero-order chi connectivity index (χ0) is 14.9. The molecule has 21 heavy (non-hydrogen) atoms. The number of aliphatic carboxylic acids is 1. The number of hydrogen-bond donors (Lipinski definition) is 2. The summed E-state index contributed by atoms with van der Waals surface area (Å²) in [6.45, 7) is 0. The molecule has 2 heterocycles. The number of rotatable bonds is 2. The fourth-order valence-corrected chi connectivity index (χ4v) is 3.35. The van der Waals surface area contributed by atoms with Gasteiger partial charge in [0.25, 0.3) is 0 Å². The van der Waals surface area contributed by atoms with Gasteiger partial charge in [0.05, 0.1) is 5.41 Å². The molecule has 0 unspecified atom stereocenters. The molecule has 1 aliphatic heterocycles. The molecule has 0 radical (unpaired) electrons. The van der Waals surface area contributed by atoms with E-state index in [0.717, 1.165) is 42.9 Å². The molecule has 5 nitrogen and oxygen atoms in total. The van der Waals surface area contributed by atoms with Crippen molar-refractivity contribution in [1.29, 1.82) is 0 Å². The Morgan fingerprint density at radius 3 is 2.81 bits per heavy atom. The Kier molecular flexibility index (Phi) is 3.49. The quantitative estimate of drug-likeness (QED) is 0.819. The van der Waals surface area contributed by atoms with Crippen LogP contribution in [0.2, 0.25) is 0 Å². The minimum atomic E-state index is -0.982. The molecule has 1 amide bonds. The van der Waals surface area contributed by atoms with Crippen molar-refractivity contribution in [2.45, 2.75) is 38.5 Å². The molecule has 3 rings (SSSR count). The highest BCUT2D eigenvalue weighted by atomic mass is 16.4. The van der Waals surface area contributed by atoms with Crippen LogP contribution in [-0.2, 0) is 16.0 Å². The van der Waals surface area contributed by atoms with E-state index in [1.54, 1.807) is 6.20 Å². The number of nitrogens with zero attached hydrogens (tertiary/aromatic N) is 1. The summed E-state index contributed by atoms with van der Waals surface area (Å²) >= 11 is 0. The molecule has 1 spiro atoms. The zero-order valence-corrected chi connectivity index (χ0v) is 11.8. The van der Waals surface area contributed by atoms with E-state index in [4.69, 9.17) is 5.11 Å². The topological polar surface area (TPSA) is 79.3 Å². The highest BCUT2D eigenvalue weighted by Gasteiger charge is 2.43. The van der Waals surface area contributed by atoms with Crippen LogP contribution in [0.4, 0.5) is 5.82 Å². The Balaban J connectivity index is 1.90. The number of carboxylic acids is 1. The number of nitrogens with one attached hydrogen (secondary N) is 1. The summed E-state index contributed by atoms with van der Waals surface area (Å²) in [6.07, 6.45) is 10.1. The Labute approximate surface area is 123 Å². The van der Waals surface area contributed by atoms with E-state index < -0.39 is 5.97 Å². The number of carbonyl (C=O) groups excluding carboxylic acids is 1. The van der Waals surface area contributed by atoms with E-state index >= 15 is 0 Å². The van der Waals surface area contributed by atoms with Gasteiger partial charge < -0.3 is 10.4 Å². The van der Waals surface area contributed by atoms with Gasteiger partial charge in [0.2, 0.25) is 5.91 Å². The predicted octanol–water partition coefficient (Wildman–Crippen LogP) is 2.62. The van der Waals surface area contributed by atoms with Crippen LogP contribution in [0.25, 0.3) is 6.08 Å². The third-order valence-electron chi connectivity index (χ3n) is 4.46. The minimum absolute atomic E-state index is 0.0935. The highest BCUT2D eigenvalue weighted by molar-refractivity contribution is 5.97. The van der Waals surface area contributed by atoms with Gasteiger partial charge in [-0.2, -0.15) is 0 Å². The van der Waals surface area contributed by atoms with Gasteiger partial charge in [0.1, 0.15) is 5.82 Å². The maximum absolute atomic E-state index is 12.4. The minimum Gasteiger partial charge on any atom is -0.478 e. The number of pyridine rings is 1. The summed E-state index contributed by atoms with van der Waals surface area (Å²) in [6, 6.07) is 1.93. The third kappa shape index (κ3) is 2.68. The van der Waals surface area contributed by atoms with Gasteiger partial charge >= 0.3 is 5.97 Å². The van der Waals surface area contributed by atoms with Crippen molar-refractivity contribution in [3.05, 3.63) is 29.5 Å². The first kappa shape index (κ1) is 13.8. The standard InChI is InChI=1S/C16H18N2O3/c19-13(20)5-4-11-8-12-9-16(6-2-1-3-7-16)15(21)18-14(12)17-10-11/h4-5,8,10H,1-3,6-7,9H2,(H,19,20)(H,17,18,21)/b5-4+. The van der Waals surface area contributed by atoms with Gasteiger partial charge in [-0.1, -0.05) is 19.3 Å². The van der Waals surface area contributed by atoms with Gasteiger partial charge in [-0.15, -0.1) is 0 Å². The average Bonchev–Trinajstić information content (AvgIpc) is 2.47. The van der Waals surface area contributed by atoms with Crippen LogP contribution in [0.15, 0.2) is 18.3 Å². The first-order valence-corrected chi connectivity index (χ1v) is 7.30.